The van der Waals surface area contributed by atoms with Crippen LogP contribution in [0.1, 0.15) is 5.69 Å². The van der Waals surface area contributed by atoms with E-state index in [1.54, 1.807) is 7.11 Å². The van der Waals surface area contributed by atoms with Crippen molar-refractivity contribution in [3.8, 4) is 11.4 Å². The smallest absolute Gasteiger partial charge is 0.265 e. The van der Waals surface area contributed by atoms with E-state index in [-0.39, 0.29) is 12.2 Å². The van der Waals surface area contributed by atoms with E-state index in [1.807, 2.05) is 43.3 Å². The van der Waals surface area contributed by atoms with Crippen LogP contribution in [0.5, 0.6) is 0 Å². The Bertz CT molecular complexity index is 650. The predicted octanol–water partition coefficient (Wildman–Crippen LogP) is 2.41. The summed E-state index contributed by atoms with van der Waals surface area (Å²) in [6.07, 6.45) is 0. The van der Waals surface area contributed by atoms with Gasteiger partial charge in [-0.3, -0.25) is 4.79 Å². The molecule has 2 aromatic rings. The van der Waals surface area contributed by atoms with Crippen LogP contribution in [0, 0.1) is 0 Å². The van der Waals surface area contributed by atoms with Gasteiger partial charge in [0.25, 0.3) is 5.56 Å². The Morgan fingerprint density at radius 1 is 1.30 bits per heavy atom. The van der Waals surface area contributed by atoms with Crippen LogP contribution < -0.4 is 10.5 Å². The van der Waals surface area contributed by atoms with Gasteiger partial charge >= 0.3 is 0 Å². The number of halogens is 1. The summed E-state index contributed by atoms with van der Waals surface area (Å²) in [7, 11) is 5.53. The molecule has 0 atom stereocenters. The van der Waals surface area contributed by atoms with Gasteiger partial charge in [0, 0.05) is 32.5 Å². The lowest BCUT2D eigenvalue weighted by molar-refractivity contribution is 0.180. The first-order chi connectivity index (χ1) is 9.52. The van der Waals surface area contributed by atoms with Crippen LogP contribution in [-0.4, -0.2) is 31.2 Å². The first-order valence-corrected chi connectivity index (χ1v) is 6.87. The SMILES string of the molecule is COCc1nc(-c2ccc(N(C)C)cc2)[nH]c(=O)c1Br. The monoisotopic (exact) mass is 337 g/mol. The molecule has 1 aromatic heterocycles. The Kier molecular flexibility index (Phi) is 4.57. The van der Waals surface area contributed by atoms with E-state index >= 15 is 0 Å². The van der Waals surface area contributed by atoms with Crippen molar-refractivity contribution >= 4 is 21.6 Å². The number of H-pyrrole nitrogens is 1. The topological polar surface area (TPSA) is 58.2 Å². The molecule has 0 amide bonds. The van der Waals surface area contributed by atoms with Gasteiger partial charge in [0.05, 0.1) is 12.3 Å². The summed E-state index contributed by atoms with van der Waals surface area (Å²) in [6, 6.07) is 7.82. The molecule has 20 heavy (non-hydrogen) atoms. The van der Waals surface area contributed by atoms with Gasteiger partial charge in [0.1, 0.15) is 10.3 Å². The molecule has 0 aliphatic rings. The number of nitrogens with zero attached hydrogens (tertiary/aromatic N) is 2. The zero-order chi connectivity index (χ0) is 14.7. The normalized spacial score (nSPS) is 10.6. The minimum Gasteiger partial charge on any atom is -0.378 e. The standard InChI is InChI=1S/C14H16BrN3O2/c1-18(2)10-6-4-9(5-7-10)13-16-11(8-20-3)12(15)14(19)17-13/h4-7H,8H2,1-3H3,(H,16,17,19). The van der Waals surface area contributed by atoms with Gasteiger partial charge in [0.2, 0.25) is 0 Å². The number of hydrogen-bond donors (Lipinski definition) is 1. The number of rotatable bonds is 4. The van der Waals surface area contributed by atoms with E-state index in [9.17, 15) is 4.79 Å². The second-order valence-corrected chi connectivity index (χ2v) is 5.34. The van der Waals surface area contributed by atoms with Gasteiger partial charge in [-0.25, -0.2) is 4.98 Å². The molecular formula is C14H16BrN3O2. The average molecular weight is 338 g/mol. The number of aromatic nitrogens is 2. The highest BCUT2D eigenvalue weighted by Crippen LogP contribution is 2.20. The minimum absolute atomic E-state index is 0.210. The molecule has 0 aliphatic carbocycles. The zero-order valence-corrected chi connectivity index (χ0v) is 13.2. The lowest BCUT2D eigenvalue weighted by Crippen LogP contribution is -2.14. The Balaban J connectivity index is 2.44. The summed E-state index contributed by atoms with van der Waals surface area (Å²) in [5.41, 5.74) is 2.32. The van der Waals surface area contributed by atoms with E-state index in [0.29, 0.717) is 16.0 Å². The first-order valence-electron chi connectivity index (χ1n) is 6.08. The average Bonchev–Trinajstić information content (AvgIpc) is 2.44. The Labute approximate surface area is 125 Å². The lowest BCUT2D eigenvalue weighted by Gasteiger charge is -2.12. The van der Waals surface area contributed by atoms with Crippen LogP contribution in [0.2, 0.25) is 0 Å². The number of nitrogens with one attached hydrogen (secondary N) is 1. The highest BCUT2D eigenvalue weighted by atomic mass is 79.9. The lowest BCUT2D eigenvalue weighted by atomic mass is 10.2. The van der Waals surface area contributed by atoms with E-state index in [0.717, 1.165) is 11.3 Å². The van der Waals surface area contributed by atoms with Crippen molar-refractivity contribution in [2.45, 2.75) is 6.61 Å². The number of hydrogen-bond acceptors (Lipinski definition) is 4. The molecule has 5 nitrogen and oxygen atoms in total. The number of aromatic amines is 1. The van der Waals surface area contributed by atoms with Crippen LogP contribution >= 0.6 is 15.9 Å². The summed E-state index contributed by atoms with van der Waals surface area (Å²) in [5.74, 6) is 0.538. The van der Waals surface area contributed by atoms with Crippen LogP contribution in [0.15, 0.2) is 33.5 Å². The molecule has 6 heteroatoms. The molecule has 0 bridgehead atoms. The van der Waals surface area contributed by atoms with Crippen molar-refractivity contribution < 1.29 is 4.74 Å². The molecule has 0 spiro atoms. The molecule has 2 rings (SSSR count). The summed E-state index contributed by atoms with van der Waals surface area (Å²) >= 11 is 3.23. The Morgan fingerprint density at radius 3 is 2.50 bits per heavy atom. The molecule has 1 heterocycles. The van der Waals surface area contributed by atoms with Crippen molar-refractivity contribution in [3.63, 3.8) is 0 Å². The predicted molar refractivity (Wildman–Crippen MR) is 83.0 cm³/mol. The molecule has 0 fully saturated rings. The molecule has 0 saturated carbocycles. The largest absolute Gasteiger partial charge is 0.378 e. The molecule has 0 saturated heterocycles. The third kappa shape index (κ3) is 3.08. The molecule has 0 radical (unpaired) electrons. The van der Waals surface area contributed by atoms with Crippen molar-refractivity contribution in [2.75, 3.05) is 26.1 Å². The van der Waals surface area contributed by atoms with Crippen LogP contribution in [0.3, 0.4) is 0 Å². The molecule has 1 aromatic carbocycles. The van der Waals surface area contributed by atoms with Crippen molar-refractivity contribution in [2.24, 2.45) is 0 Å². The highest BCUT2D eigenvalue weighted by molar-refractivity contribution is 9.10. The third-order valence-corrected chi connectivity index (χ3v) is 3.69. The maximum absolute atomic E-state index is 11.9. The fraction of sp³-hybridized carbons (Fsp3) is 0.286. The number of methoxy groups -OCH3 is 1. The summed E-state index contributed by atoms with van der Waals surface area (Å²) in [4.78, 5) is 21.1. The maximum atomic E-state index is 11.9. The van der Waals surface area contributed by atoms with Crippen molar-refractivity contribution in [1.29, 1.82) is 0 Å². The minimum atomic E-state index is -0.210. The summed E-state index contributed by atoms with van der Waals surface area (Å²) < 4.78 is 5.46. The summed E-state index contributed by atoms with van der Waals surface area (Å²) in [6.45, 7) is 0.285. The van der Waals surface area contributed by atoms with Gasteiger partial charge < -0.3 is 14.6 Å². The quantitative estimate of drug-likeness (QED) is 0.930. The second-order valence-electron chi connectivity index (χ2n) is 4.55. The van der Waals surface area contributed by atoms with Gasteiger partial charge in [-0.1, -0.05) is 0 Å². The van der Waals surface area contributed by atoms with Gasteiger partial charge in [-0.05, 0) is 40.2 Å². The Morgan fingerprint density at radius 2 is 1.95 bits per heavy atom. The highest BCUT2D eigenvalue weighted by Gasteiger charge is 2.10. The first kappa shape index (κ1) is 14.7. The number of benzene rings is 1. The Hall–Kier alpha value is -1.66. The fourth-order valence-corrected chi connectivity index (χ4v) is 2.09. The van der Waals surface area contributed by atoms with Gasteiger partial charge in [0.15, 0.2) is 0 Å². The molecule has 106 valence electrons. The van der Waals surface area contributed by atoms with Crippen LogP contribution in [0.4, 0.5) is 5.69 Å². The van der Waals surface area contributed by atoms with Crippen LogP contribution in [0.25, 0.3) is 11.4 Å². The van der Waals surface area contributed by atoms with E-state index in [1.165, 1.54) is 0 Å². The number of ether oxygens (including phenoxy) is 1. The molecular weight excluding hydrogens is 322 g/mol. The molecule has 0 unspecified atom stereocenters. The third-order valence-electron chi connectivity index (χ3n) is 2.87. The zero-order valence-electron chi connectivity index (χ0n) is 11.6. The maximum Gasteiger partial charge on any atom is 0.265 e. The van der Waals surface area contributed by atoms with E-state index < -0.39 is 0 Å². The van der Waals surface area contributed by atoms with E-state index in [4.69, 9.17) is 4.74 Å². The summed E-state index contributed by atoms with van der Waals surface area (Å²) in [5, 5.41) is 0. The fourth-order valence-electron chi connectivity index (χ4n) is 1.79. The van der Waals surface area contributed by atoms with Crippen LogP contribution in [-0.2, 0) is 11.3 Å². The second kappa shape index (κ2) is 6.19. The van der Waals surface area contributed by atoms with Crippen molar-refractivity contribution in [3.05, 3.63) is 44.8 Å². The van der Waals surface area contributed by atoms with Crippen molar-refractivity contribution in [1.82, 2.24) is 9.97 Å². The van der Waals surface area contributed by atoms with Gasteiger partial charge in [-0.2, -0.15) is 0 Å². The van der Waals surface area contributed by atoms with Gasteiger partial charge in [-0.15, -0.1) is 0 Å². The molecule has 1 N–H and O–H groups in total. The number of anilines is 1. The molecule has 0 aliphatic heterocycles. The van der Waals surface area contributed by atoms with E-state index in [2.05, 4.69) is 25.9 Å².